The molecule has 0 saturated heterocycles. The Labute approximate surface area is 153 Å². The fourth-order valence-electron chi connectivity index (χ4n) is 2.45. The molecular weight excluding hydrogens is 334 g/mol. The molecule has 3 nitrogen and oxygen atoms in total. The fraction of sp³-hybridized carbons (Fsp3) is 0.143. The van der Waals surface area contributed by atoms with Crippen LogP contribution in [0.3, 0.4) is 0 Å². The predicted octanol–water partition coefficient (Wildman–Crippen LogP) is 5.54. The zero-order valence-electron chi connectivity index (χ0n) is 14.0. The van der Waals surface area contributed by atoms with Crippen molar-refractivity contribution in [1.82, 2.24) is 0 Å². The van der Waals surface area contributed by atoms with E-state index < -0.39 is 0 Å². The Morgan fingerprint density at radius 2 is 1.60 bits per heavy atom. The van der Waals surface area contributed by atoms with Crippen molar-refractivity contribution < 1.29 is 9.47 Å². The molecular formula is C21H20ClNO2. The minimum Gasteiger partial charge on any atom is -0.497 e. The van der Waals surface area contributed by atoms with Gasteiger partial charge >= 0.3 is 0 Å². The monoisotopic (exact) mass is 353 g/mol. The van der Waals surface area contributed by atoms with Gasteiger partial charge in [-0.1, -0.05) is 35.9 Å². The van der Waals surface area contributed by atoms with Crippen LogP contribution in [-0.2, 0) is 13.2 Å². The molecule has 128 valence electrons. The van der Waals surface area contributed by atoms with E-state index in [0.717, 1.165) is 39.9 Å². The Bertz CT molecular complexity index is 818. The summed E-state index contributed by atoms with van der Waals surface area (Å²) >= 11 is 6.00. The lowest BCUT2D eigenvalue weighted by molar-refractivity contribution is 0.306. The summed E-state index contributed by atoms with van der Waals surface area (Å²) in [6.07, 6.45) is 0. The maximum absolute atomic E-state index is 6.00. The van der Waals surface area contributed by atoms with Crippen LogP contribution in [0, 0.1) is 0 Å². The number of halogens is 1. The second kappa shape index (κ2) is 8.45. The van der Waals surface area contributed by atoms with Crippen molar-refractivity contribution >= 4 is 17.3 Å². The number of anilines is 1. The zero-order chi connectivity index (χ0) is 17.5. The van der Waals surface area contributed by atoms with E-state index in [4.69, 9.17) is 21.1 Å². The van der Waals surface area contributed by atoms with Gasteiger partial charge in [-0.05, 0) is 59.7 Å². The van der Waals surface area contributed by atoms with E-state index in [1.807, 2.05) is 66.7 Å². The molecule has 0 heterocycles. The molecule has 0 aliphatic rings. The maximum atomic E-state index is 6.00. The molecule has 0 fully saturated rings. The number of rotatable bonds is 7. The lowest BCUT2D eigenvalue weighted by Crippen LogP contribution is -2.00. The molecule has 0 saturated carbocycles. The number of ether oxygens (including phenoxy) is 2. The molecule has 0 unspecified atom stereocenters. The van der Waals surface area contributed by atoms with Crippen molar-refractivity contribution in [2.45, 2.75) is 13.2 Å². The summed E-state index contributed by atoms with van der Waals surface area (Å²) in [6, 6.07) is 23.6. The second-order valence-electron chi connectivity index (χ2n) is 5.65. The first-order valence-corrected chi connectivity index (χ1v) is 8.45. The minimum atomic E-state index is 0.496. The molecule has 4 heteroatoms. The van der Waals surface area contributed by atoms with Gasteiger partial charge < -0.3 is 14.8 Å². The van der Waals surface area contributed by atoms with Crippen LogP contribution in [0.5, 0.6) is 11.5 Å². The molecule has 0 radical (unpaired) electrons. The SMILES string of the molecule is COc1ccc(NCc2cccc(OCc3cccc(Cl)c3)c2)cc1. The van der Waals surface area contributed by atoms with Gasteiger partial charge in [-0.25, -0.2) is 0 Å². The fourth-order valence-corrected chi connectivity index (χ4v) is 2.66. The van der Waals surface area contributed by atoms with E-state index in [-0.39, 0.29) is 0 Å². The highest BCUT2D eigenvalue weighted by atomic mass is 35.5. The van der Waals surface area contributed by atoms with Crippen molar-refractivity contribution in [2.24, 2.45) is 0 Å². The van der Waals surface area contributed by atoms with Gasteiger partial charge in [0, 0.05) is 17.3 Å². The number of hydrogen-bond acceptors (Lipinski definition) is 3. The van der Waals surface area contributed by atoms with Gasteiger partial charge in [0.2, 0.25) is 0 Å². The van der Waals surface area contributed by atoms with Crippen LogP contribution in [-0.4, -0.2) is 7.11 Å². The minimum absolute atomic E-state index is 0.496. The highest BCUT2D eigenvalue weighted by Crippen LogP contribution is 2.19. The Hall–Kier alpha value is -2.65. The summed E-state index contributed by atoms with van der Waals surface area (Å²) < 4.78 is 11.0. The quantitative estimate of drug-likeness (QED) is 0.605. The Morgan fingerprint density at radius 1 is 0.840 bits per heavy atom. The maximum Gasteiger partial charge on any atom is 0.120 e. The molecule has 1 N–H and O–H groups in total. The smallest absolute Gasteiger partial charge is 0.120 e. The summed E-state index contributed by atoms with van der Waals surface area (Å²) in [5, 5.41) is 4.11. The van der Waals surface area contributed by atoms with Crippen LogP contribution < -0.4 is 14.8 Å². The first-order chi connectivity index (χ1) is 12.2. The first kappa shape index (κ1) is 17.2. The summed E-state index contributed by atoms with van der Waals surface area (Å²) in [7, 11) is 1.66. The van der Waals surface area contributed by atoms with E-state index >= 15 is 0 Å². The molecule has 0 spiro atoms. The average Bonchev–Trinajstić information content (AvgIpc) is 2.65. The highest BCUT2D eigenvalue weighted by Gasteiger charge is 2.00. The molecule has 0 amide bonds. The molecule has 0 aliphatic carbocycles. The van der Waals surface area contributed by atoms with Crippen LogP contribution in [0.25, 0.3) is 0 Å². The molecule has 3 aromatic carbocycles. The molecule has 3 aromatic rings. The predicted molar refractivity (Wildman–Crippen MR) is 103 cm³/mol. The molecule has 3 rings (SSSR count). The van der Waals surface area contributed by atoms with Gasteiger partial charge in [-0.2, -0.15) is 0 Å². The number of methoxy groups -OCH3 is 1. The molecule has 0 aliphatic heterocycles. The first-order valence-electron chi connectivity index (χ1n) is 8.07. The molecule has 0 bridgehead atoms. The third-order valence-corrected chi connectivity index (χ3v) is 4.01. The molecule has 25 heavy (non-hydrogen) atoms. The van der Waals surface area contributed by atoms with E-state index in [1.54, 1.807) is 7.11 Å². The summed E-state index contributed by atoms with van der Waals surface area (Å²) in [6.45, 7) is 1.22. The van der Waals surface area contributed by atoms with Gasteiger partial charge in [0.25, 0.3) is 0 Å². The van der Waals surface area contributed by atoms with E-state index in [0.29, 0.717) is 6.61 Å². The van der Waals surface area contributed by atoms with Crippen LogP contribution in [0.2, 0.25) is 5.02 Å². The standard InChI is InChI=1S/C21H20ClNO2/c1-24-20-10-8-19(9-11-20)23-14-16-4-3-7-21(13-16)25-15-17-5-2-6-18(22)12-17/h2-13,23H,14-15H2,1H3. The van der Waals surface area contributed by atoms with Crippen LogP contribution in [0.4, 0.5) is 5.69 Å². The van der Waals surface area contributed by atoms with Crippen LogP contribution in [0.15, 0.2) is 72.8 Å². The van der Waals surface area contributed by atoms with E-state index in [2.05, 4.69) is 11.4 Å². The summed E-state index contributed by atoms with van der Waals surface area (Å²) in [4.78, 5) is 0. The van der Waals surface area contributed by atoms with E-state index in [1.165, 1.54) is 0 Å². The number of hydrogen-bond donors (Lipinski definition) is 1. The number of nitrogens with one attached hydrogen (secondary N) is 1. The van der Waals surface area contributed by atoms with Crippen molar-refractivity contribution in [3.63, 3.8) is 0 Å². The zero-order valence-corrected chi connectivity index (χ0v) is 14.8. The molecule has 0 aromatic heterocycles. The Morgan fingerprint density at radius 3 is 2.36 bits per heavy atom. The highest BCUT2D eigenvalue weighted by molar-refractivity contribution is 6.30. The van der Waals surface area contributed by atoms with Gasteiger partial charge in [-0.15, -0.1) is 0 Å². The van der Waals surface area contributed by atoms with Gasteiger partial charge in [0.15, 0.2) is 0 Å². The summed E-state index contributed by atoms with van der Waals surface area (Å²) in [5.41, 5.74) is 3.25. The third-order valence-electron chi connectivity index (χ3n) is 3.78. The van der Waals surface area contributed by atoms with E-state index in [9.17, 15) is 0 Å². The average molecular weight is 354 g/mol. The topological polar surface area (TPSA) is 30.5 Å². The van der Waals surface area contributed by atoms with Crippen molar-refractivity contribution in [3.8, 4) is 11.5 Å². The van der Waals surface area contributed by atoms with Crippen LogP contribution in [0.1, 0.15) is 11.1 Å². The van der Waals surface area contributed by atoms with Crippen molar-refractivity contribution in [1.29, 1.82) is 0 Å². The lowest BCUT2D eigenvalue weighted by atomic mass is 10.2. The van der Waals surface area contributed by atoms with Gasteiger partial charge in [0.05, 0.1) is 7.11 Å². The van der Waals surface area contributed by atoms with Crippen molar-refractivity contribution in [2.75, 3.05) is 12.4 Å². The lowest BCUT2D eigenvalue weighted by Gasteiger charge is -2.10. The van der Waals surface area contributed by atoms with Gasteiger partial charge in [-0.3, -0.25) is 0 Å². The normalized spacial score (nSPS) is 10.3. The second-order valence-corrected chi connectivity index (χ2v) is 6.08. The van der Waals surface area contributed by atoms with Crippen LogP contribution >= 0.6 is 11.6 Å². The number of benzene rings is 3. The third kappa shape index (κ3) is 5.16. The largest absolute Gasteiger partial charge is 0.497 e. The Kier molecular flexibility index (Phi) is 5.81. The molecule has 0 atom stereocenters. The summed E-state index contributed by atoms with van der Waals surface area (Å²) in [5.74, 6) is 1.69. The Balaban J connectivity index is 1.57. The van der Waals surface area contributed by atoms with Crippen molar-refractivity contribution in [3.05, 3.63) is 88.9 Å². The van der Waals surface area contributed by atoms with Gasteiger partial charge in [0.1, 0.15) is 18.1 Å².